The molecule has 0 aromatic heterocycles. The zero-order valence-electron chi connectivity index (χ0n) is 11.2. The molecule has 6 heteroatoms. The Morgan fingerprint density at radius 3 is 2.48 bits per heavy atom. The van der Waals surface area contributed by atoms with Crippen molar-refractivity contribution < 1.29 is 9.18 Å². The van der Waals surface area contributed by atoms with Crippen LogP contribution in [0.5, 0.6) is 0 Å². The smallest absolute Gasteiger partial charge is 0.246 e. The zero-order chi connectivity index (χ0) is 15.4. The molecule has 2 aromatic carbocycles. The molecular weight excluding hydrogens is 314 g/mol. The van der Waals surface area contributed by atoms with E-state index in [-0.39, 0.29) is 11.7 Å². The maximum atomic E-state index is 12.8. The molecule has 1 unspecified atom stereocenters. The summed E-state index contributed by atoms with van der Waals surface area (Å²) >= 11 is 11.9. The van der Waals surface area contributed by atoms with Crippen LogP contribution in [-0.2, 0) is 4.79 Å². The molecule has 1 atom stereocenters. The summed E-state index contributed by atoms with van der Waals surface area (Å²) in [5.74, 6) is -0.605. The molecule has 2 aromatic rings. The van der Waals surface area contributed by atoms with E-state index >= 15 is 0 Å². The largest absolute Gasteiger partial charge is 0.374 e. The molecule has 110 valence electrons. The van der Waals surface area contributed by atoms with Crippen LogP contribution < -0.4 is 10.6 Å². The number of benzene rings is 2. The molecule has 1 amide bonds. The van der Waals surface area contributed by atoms with Gasteiger partial charge in [0.05, 0.1) is 10.7 Å². The molecule has 0 aliphatic rings. The number of amides is 1. The molecule has 0 bridgehead atoms. The van der Waals surface area contributed by atoms with Gasteiger partial charge in [-0.25, -0.2) is 4.39 Å². The van der Waals surface area contributed by atoms with Gasteiger partial charge in [-0.15, -0.1) is 0 Å². The highest BCUT2D eigenvalue weighted by molar-refractivity contribution is 6.35. The van der Waals surface area contributed by atoms with Crippen molar-refractivity contribution in [3.8, 4) is 0 Å². The molecule has 3 nitrogen and oxygen atoms in total. The molecule has 0 aliphatic carbocycles. The topological polar surface area (TPSA) is 41.1 Å². The Morgan fingerprint density at radius 2 is 1.81 bits per heavy atom. The minimum atomic E-state index is -0.523. The summed E-state index contributed by atoms with van der Waals surface area (Å²) in [6, 6.07) is 10.1. The molecule has 0 saturated carbocycles. The maximum Gasteiger partial charge on any atom is 0.246 e. The Hall–Kier alpha value is -1.78. The number of hydrogen-bond donors (Lipinski definition) is 2. The van der Waals surface area contributed by atoms with Crippen molar-refractivity contribution in [2.75, 3.05) is 10.6 Å². The first-order valence-electron chi connectivity index (χ1n) is 6.24. The van der Waals surface area contributed by atoms with Gasteiger partial charge in [-0.05, 0) is 49.4 Å². The predicted molar refractivity (Wildman–Crippen MR) is 84.6 cm³/mol. The van der Waals surface area contributed by atoms with Gasteiger partial charge in [0.2, 0.25) is 5.91 Å². The number of anilines is 2. The molecule has 21 heavy (non-hydrogen) atoms. The van der Waals surface area contributed by atoms with Crippen molar-refractivity contribution in [2.24, 2.45) is 0 Å². The average molecular weight is 327 g/mol. The van der Waals surface area contributed by atoms with Crippen LogP contribution in [0.15, 0.2) is 42.5 Å². The van der Waals surface area contributed by atoms with Crippen LogP contribution in [0.2, 0.25) is 10.0 Å². The second-order valence-electron chi connectivity index (χ2n) is 4.49. The van der Waals surface area contributed by atoms with E-state index in [4.69, 9.17) is 23.2 Å². The predicted octanol–water partition coefficient (Wildman–Crippen LogP) is 4.57. The van der Waals surface area contributed by atoms with Crippen LogP contribution in [0.1, 0.15) is 6.92 Å². The van der Waals surface area contributed by atoms with Gasteiger partial charge in [0.25, 0.3) is 0 Å². The van der Waals surface area contributed by atoms with Gasteiger partial charge in [-0.3, -0.25) is 4.79 Å². The summed E-state index contributed by atoms with van der Waals surface area (Å²) < 4.78 is 12.8. The normalized spacial score (nSPS) is 11.8. The van der Waals surface area contributed by atoms with E-state index < -0.39 is 6.04 Å². The molecule has 0 heterocycles. The third kappa shape index (κ3) is 4.34. The molecule has 0 radical (unpaired) electrons. The standard InChI is InChI=1S/C15H13Cl2FN2O/c1-9(19-12-5-3-11(18)4-6-12)15(21)20-14-8-10(16)2-7-13(14)17/h2-9,19H,1H3,(H,20,21). The lowest BCUT2D eigenvalue weighted by Gasteiger charge is -2.16. The molecule has 0 fully saturated rings. The molecule has 0 spiro atoms. The van der Waals surface area contributed by atoms with Crippen molar-refractivity contribution in [1.29, 1.82) is 0 Å². The van der Waals surface area contributed by atoms with E-state index in [2.05, 4.69) is 10.6 Å². The number of carbonyl (C=O) groups is 1. The van der Waals surface area contributed by atoms with Crippen molar-refractivity contribution in [1.82, 2.24) is 0 Å². The highest BCUT2D eigenvalue weighted by Gasteiger charge is 2.14. The van der Waals surface area contributed by atoms with Crippen LogP contribution >= 0.6 is 23.2 Å². The summed E-state index contributed by atoms with van der Waals surface area (Å²) in [6.07, 6.45) is 0. The zero-order valence-corrected chi connectivity index (χ0v) is 12.7. The van der Waals surface area contributed by atoms with Gasteiger partial charge in [0.15, 0.2) is 0 Å². The Morgan fingerprint density at radius 1 is 1.14 bits per heavy atom. The maximum absolute atomic E-state index is 12.8. The summed E-state index contributed by atoms with van der Waals surface area (Å²) in [4.78, 5) is 12.1. The highest BCUT2D eigenvalue weighted by atomic mass is 35.5. The number of halogens is 3. The third-order valence-electron chi connectivity index (χ3n) is 2.81. The van der Waals surface area contributed by atoms with Gasteiger partial charge < -0.3 is 10.6 Å². The van der Waals surface area contributed by atoms with E-state index in [1.807, 2.05) is 0 Å². The molecule has 0 saturated heterocycles. The fourth-order valence-corrected chi connectivity index (χ4v) is 2.03. The molecule has 2 N–H and O–H groups in total. The Labute approximate surface area is 132 Å². The summed E-state index contributed by atoms with van der Waals surface area (Å²) in [5.41, 5.74) is 1.10. The quantitative estimate of drug-likeness (QED) is 0.863. The highest BCUT2D eigenvalue weighted by Crippen LogP contribution is 2.25. The third-order valence-corrected chi connectivity index (χ3v) is 3.37. The minimum absolute atomic E-state index is 0.275. The summed E-state index contributed by atoms with van der Waals surface area (Å²) in [5, 5.41) is 6.54. The van der Waals surface area contributed by atoms with E-state index in [1.165, 1.54) is 12.1 Å². The van der Waals surface area contributed by atoms with Crippen LogP contribution in [0, 0.1) is 5.82 Å². The van der Waals surface area contributed by atoms with E-state index in [9.17, 15) is 9.18 Å². The van der Waals surface area contributed by atoms with Gasteiger partial charge in [-0.1, -0.05) is 23.2 Å². The number of hydrogen-bond acceptors (Lipinski definition) is 2. The second kappa shape index (κ2) is 6.78. The molecule has 0 aliphatic heterocycles. The summed E-state index contributed by atoms with van der Waals surface area (Å²) in [7, 11) is 0. The molecule has 2 rings (SSSR count). The number of rotatable bonds is 4. The molecular formula is C15H13Cl2FN2O. The number of carbonyl (C=O) groups excluding carboxylic acids is 1. The van der Waals surface area contributed by atoms with Crippen LogP contribution in [0.25, 0.3) is 0 Å². The van der Waals surface area contributed by atoms with E-state index in [1.54, 1.807) is 37.3 Å². The Bertz CT molecular complexity index is 647. The lowest BCUT2D eigenvalue weighted by atomic mass is 10.2. The Balaban J connectivity index is 2.02. The van der Waals surface area contributed by atoms with Crippen molar-refractivity contribution in [3.63, 3.8) is 0 Å². The van der Waals surface area contributed by atoms with Crippen LogP contribution in [0.4, 0.5) is 15.8 Å². The van der Waals surface area contributed by atoms with Crippen molar-refractivity contribution >= 4 is 40.5 Å². The monoisotopic (exact) mass is 326 g/mol. The van der Waals surface area contributed by atoms with Gasteiger partial charge in [0.1, 0.15) is 11.9 Å². The van der Waals surface area contributed by atoms with Gasteiger partial charge in [0, 0.05) is 10.7 Å². The average Bonchev–Trinajstić information content (AvgIpc) is 2.45. The number of nitrogens with one attached hydrogen (secondary N) is 2. The van der Waals surface area contributed by atoms with Gasteiger partial charge >= 0.3 is 0 Å². The first kappa shape index (κ1) is 15.6. The van der Waals surface area contributed by atoms with Crippen molar-refractivity contribution in [2.45, 2.75) is 13.0 Å². The van der Waals surface area contributed by atoms with E-state index in [0.29, 0.717) is 21.4 Å². The first-order chi connectivity index (χ1) is 9.95. The first-order valence-corrected chi connectivity index (χ1v) is 6.99. The fraction of sp³-hybridized carbons (Fsp3) is 0.133. The van der Waals surface area contributed by atoms with Crippen LogP contribution in [-0.4, -0.2) is 11.9 Å². The van der Waals surface area contributed by atoms with Gasteiger partial charge in [-0.2, -0.15) is 0 Å². The minimum Gasteiger partial charge on any atom is -0.374 e. The van der Waals surface area contributed by atoms with Crippen LogP contribution in [0.3, 0.4) is 0 Å². The lowest BCUT2D eigenvalue weighted by Crippen LogP contribution is -2.31. The summed E-state index contributed by atoms with van der Waals surface area (Å²) in [6.45, 7) is 1.69. The SMILES string of the molecule is CC(Nc1ccc(F)cc1)C(=O)Nc1cc(Cl)ccc1Cl. The lowest BCUT2D eigenvalue weighted by molar-refractivity contribution is -0.116. The van der Waals surface area contributed by atoms with E-state index in [0.717, 1.165) is 0 Å². The fourth-order valence-electron chi connectivity index (χ4n) is 1.70. The Kier molecular flexibility index (Phi) is 5.04. The van der Waals surface area contributed by atoms with Crippen molar-refractivity contribution in [3.05, 3.63) is 58.3 Å². The second-order valence-corrected chi connectivity index (χ2v) is 5.33.